The van der Waals surface area contributed by atoms with Crippen LogP contribution in [0.5, 0.6) is 0 Å². The summed E-state index contributed by atoms with van der Waals surface area (Å²) in [6.45, 7) is 0. The van der Waals surface area contributed by atoms with Crippen molar-refractivity contribution in [3.8, 4) is 0 Å². The summed E-state index contributed by atoms with van der Waals surface area (Å²) in [5.74, 6) is 0. The van der Waals surface area contributed by atoms with Crippen molar-refractivity contribution < 1.29 is 21.6 Å². The lowest BCUT2D eigenvalue weighted by Crippen LogP contribution is -2.47. The minimum atomic E-state index is -4.70. The predicted octanol–water partition coefficient (Wildman–Crippen LogP) is 7.45. The first-order valence-corrected chi connectivity index (χ1v) is 13.2. The van der Waals surface area contributed by atoms with Crippen LogP contribution in [-0.4, -0.2) is 20.0 Å². The Kier molecular flexibility index (Phi) is 6.78. The van der Waals surface area contributed by atoms with Gasteiger partial charge in [-0.05, 0) is 40.6 Å². The molecule has 3 nitrogen and oxygen atoms in total. The van der Waals surface area contributed by atoms with Crippen molar-refractivity contribution in [3.63, 3.8) is 0 Å². The summed E-state index contributed by atoms with van der Waals surface area (Å²) >= 11 is 20.4. The van der Waals surface area contributed by atoms with Crippen molar-refractivity contribution in [2.75, 3.05) is 0 Å². The Morgan fingerprint density at radius 1 is 0.971 bits per heavy atom. The van der Waals surface area contributed by atoms with E-state index in [4.69, 9.17) is 39.9 Å². The Bertz CT molecular complexity index is 1430. The smallest absolute Gasteiger partial charge is 0.228 e. The SMILES string of the molecule is NS(=O)(=O)C1(c2cc(Cl)c(Sc3ccc4ccccc4c3)c(Cl)c2)C=CC(C(F)(F)F)=CC1Cl. The highest BCUT2D eigenvalue weighted by molar-refractivity contribution is 7.99. The van der Waals surface area contributed by atoms with Gasteiger partial charge in [0.25, 0.3) is 0 Å². The Labute approximate surface area is 213 Å². The second-order valence-corrected chi connectivity index (χ2v) is 11.7. The van der Waals surface area contributed by atoms with Crippen molar-refractivity contribution in [3.05, 3.63) is 94.0 Å². The molecule has 11 heteroatoms. The van der Waals surface area contributed by atoms with E-state index in [2.05, 4.69) is 0 Å². The van der Waals surface area contributed by atoms with Gasteiger partial charge < -0.3 is 0 Å². The maximum absolute atomic E-state index is 13.1. The van der Waals surface area contributed by atoms with Gasteiger partial charge in [0.2, 0.25) is 10.0 Å². The molecular weight excluding hydrogens is 550 g/mol. The number of nitrogens with two attached hydrogens (primary N) is 1. The third kappa shape index (κ3) is 4.59. The third-order valence-electron chi connectivity index (χ3n) is 5.43. The van der Waals surface area contributed by atoms with E-state index in [0.717, 1.165) is 21.7 Å². The molecule has 2 unspecified atom stereocenters. The lowest BCUT2D eigenvalue weighted by molar-refractivity contribution is -0.0886. The Balaban J connectivity index is 1.77. The molecule has 34 heavy (non-hydrogen) atoms. The van der Waals surface area contributed by atoms with Crippen LogP contribution in [0.3, 0.4) is 0 Å². The number of sulfonamides is 1. The number of hydrogen-bond acceptors (Lipinski definition) is 3. The highest BCUT2D eigenvalue weighted by atomic mass is 35.5. The summed E-state index contributed by atoms with van der Waals surface area (Å²) in [5.41, 5.74) is -1.12. The zero-order valence-electron chi connectivity index (χ0n) is 17.0. The number of fused-ring (bicyclic) bond motifs is 1. The van der Waals surface area contributed by atoms with Crippen LogP contribution < -0.4 is 5.14 Å². The van der Waals surface area contributed by atoms with Crippen LogP contribution in [0.1, 0.15) is 5.56 Å². The van der Waals surface area contributed by atoms with Gasteiger partial charge >= 0.3 is 6.18 Å². The van der Waals surface area contributed by atoms with Gasteiger partial charge in [0.1, 0.15) is 4.75 Å². The van der Waals surface area contributed by atoms with E-state index in [1.165, 1.54) is 23.9 Å². The van der Waals surface area contributed by atoms with E-state index in [0.29, 0.717) is 17.0 Å². The molecule has 4 rings (SSSR count). The zero-order valence-corrected chi connectivity index (χ0v) is 20.9. The molecular formula is C23H15Cl3F3NO2S2. The van der Waals surface area contributed by atoms with Gasteiger partial charge in [0, 0.05) is 9.79 Å². The van der Waals surface area contributed by atoms with E-state index in [1.54, 1.807) is 0 Å². The van der Waals surface area contributed by atoms with E-state index < -0.39 is 31.9 Å². The Hall–Kier alpha value is -1.68. The first-order chi connectivity index (χ1) is 15.8. The second kappa shape index (κ2) is 9.08. The summed E-state index contributed by atoms with van der Waals surface area (Å²) < 4.78 is 62.5. The summed E-state index contributed by atoms with van der Waals surface area (Å²) in [6.07, 6.45) is -2.61. The van der Waals surface area contributed by atoms with Crippen LogP contribution in [0.25, 0.3) is 10.8 Å². The first-order valence-electron chi connectivity index (χ1n) is 9.64. The van der Waals surface area contributed by atoms with Gasteiger partial charge in [-0.1, -0.05) is 83.5 Å². The number of rotatable bonds is 4. The fraction of sp³-hybridized carbons (Fsp3) is 0.130. The number of halogens is 6. The topological polar surface area (TPSA) is 60.2 Å². The quantitative estimate of drug-likeness (QED) is 0.335. The molecule has 0 radical (unpaired) electrons. The lowest BCUT2D eigenvalue weighted by atomic mass is 9.88. The molecule has 0 saturated heterocycles. The average molecular weight is 565 g/mol. The van der Waals surface area contributed by atoms with Crippen molar-refractivity contribution in [1.29, 1.82) is 0 Å². The summed E-state index contributed by atoms with van der Waals surface area (Å²) in [6, 6.07) is 16.2. The molecule has 1 aliphatic rings. The zero-order chi connectivity index (χ0) is 24.9. The molecule has 178 valence electrons. The molecule has 0 aromatic heterocycles. The molecule has 0 spiro atoms. The summed E-state index contributed by atoms with van der Waals surface area (Å²) in [4.78, 5) is 1.28. The Morgan fingerprint density at radius 3 is 2.15 bits per heavy atom. The van der Waals surface area contributed by atoms with E-state index >= 15 is 0 Å². The third-order valence-corrected chi connectivity index (χ3v) is 9.56. The minimum Gasteiger partial charge on any atom is -0.228 e. The molecule has 0 fully saturated rings. The van der Waals surface area contributed by atoms with E-state index in [1.807, 2.05) is 42.5 Å². The van der Waals surface area contributed by atoms with Gasteiger partial charge in [-0.15, -0.1) is 11.6 Å². The van der Waals surface area contributed by atoms with Crippen LogP contribution in [0.15, 0.2) is 88.2 Å². The van der Waals surface area contributed by atoms with Crippen molar-refractivity contribution in [2.45, 2.75) is 26.1 Å². The van der Waals surface area contributed by atoms with Crippen molar-refractivity contribution in [2.24, 2.45) is 5.14 Å². The highest BCUT2D eigenvalue weighted by Gasteiger charge is 2.51. The summed E-state index contributed by atoms with van der Waals surface area (Å²) in [7, 11) is -4.54. The van der Waals surface area contributed by atoms with E-state index in [9.17, 15) is 21.6 Å². The number of primary sulfonamides is 1. The normalized spacial score (nSPS) is 21.0. The van der Waals surface area contributed by atoms with Gasteiger partial charge in [0.05, 0.1) is 21.0 Å². The molecule has 2 N–H and O–H groups in total. The standard InChI is InChI=1S/C23H15Cl3F3NO2S2/c24-18-10-16(22(34(30,31)32)8-7-15(12-20(22)26)23(27,28)29)11-19(25)21(18)33-17-6-5-13-3-1-2-4-14(13)9-17/h1-12,20H,(H2,30,31,32). The number of hydrogen-bond donors (Lipinski definition) is 1. The fourth-order valence-corrected chi connectivity index (χ4v) is 7.12. The molecule has 0 saturated carbocycles. The maximum atomic E-state index is 13.1. The monoisotopic (exact) mass is 563 g/mol. The number of alkyl halides is 4. The molecule has 2 atom stereocenters. The van der Waals surface area contributed by atoms with Gasteiger partial charge in [-0.3, -0.25) is 0 Å². The molecule has 3 aromatic rings. The molecule has 0 bridgehead atoms. The molecule has 0 aliphatic heterocycles. The Morgan fingerprint density at radius 2 is 1.59 bits per heavy atom. The molecule has 0 heterocycles. The van der Waals surface area contributed by atoms with Gasteiger partial charge in [-0.2, -0.15) is 13.2 Å². The molecule has 3 aromatic carbocycles. The second-order valence-electron chi connectivity index (χ2n) is 7.57. The highest BCUT2D eigenvalue weighted by Crippen LogP contribution is 2.48. The maximum Gasteiger partial charge on any atom is 0.416 e. The fourth-order valence-electron chi connectivity index (χ4n) is 3.73. The number of allylic oxidation sites excluding steroid dienone is 3. The van der Waals surface area contributed by atoms with Crippen LogP contribution in [-0.2, 0) is 14.8 Å². The van der Waals surface area contributed by atoms with Gasteiger partial charge in [-0.25, -0.2) is 13.6 Å². The number of benzene rings is 3. The summed E-state index contributed by atoms with van der Waals surface area (Å²) in [5, 5.41) is 6.08. The van der Waals surface area contributed by atoms with Gasteiger partial charge in [0.15, 0.2) is 0 Å². The first kappa shape index (κ1) is 25.4. The van der Waals surface area contributed by atoms with Crippen LogP contribution in [0.4, 0.5) is 13.2 Å². The van der Waals surface area contributed by atoms with Crippen LogP contribution in [0.2, 0.25) is 10.0 Å². The minimum absolute atomic E-state index is 0.0402. The van der Waals surface area contributed by atoms with Crippen LogP contribution in [0, 0.1) is 0 Å². The van der Waals surface area contributed by atoms with Crippen molar-refractivity contribution in [1.82, 2.24) is 0 Å². The average Bonchev–Trinajstić information content (AvgIpc) is 2.74. The predicted molar refractivity (Wildman–Crippen MR) is 132 cm³/mol. The molecule has 1 aliphatic carbocycles. The van der Waals surface area contributed by atoms with Crippen LogP contribution >= 0.6 is 46.6 Å². The molecule has 0 amide bonds. The van der Waals surface area contributed by atoms with Crippen molar-refractivity contribution >= 4 is 67.4 Å². The largest absolute Gasteiger partial charge is 0.416 e. The van der Waals surface area contributed by atoms with E-state index in [-0.39, 0.29) is 15.6 Å². The lowest BCUT2D eigenvalue weighted by Gasteiger charge is -2.35.